The summed E-state index contributed by atoms with van der Waals surface area (Å²) >= 11 is 5.78. The van der Waals surface area contributed by atoms with Gasteiger partial charge in [-0.25, -0.2) is 4.79 Å². The molecule has 0 radical (unpaired) electrons. The smallest absolute Gasteiger partial charge is 0.315 e. The Morgan fingerprint density at radius 1 is 1.21 bits per heavy atom. The zero-order chi connectivity index (χ0) is 14.4. The van der Waals surface area contributed by atoms with E-state index in [1.165, 1.54) is 0 Å². The Labute approximate surface area is 117 Å². The van der Waals surface area contributed by atoms with Gasteiger partial charge in [0.15, 0.2) is 0 Å². The van der Waals surface area contributed by atoms with Gasteiger partial charge in [-0.15, -0.1) is 0 Å². The van der Waals surface area contributed by atoms with E-state index in [0.29, 0.717) is 5.02 Å². The van der Waals surface area contributed by atoms with E-state index in [0.717, 1.165) is 5.56 Å². The summed E-state index contributed by atoms with van der Waals surface area (Å²) in [6, 6.07) is 6.16. The van der Waals surface area contributed by atoms with Crippen LogP contribution in [0.1, 0.15) is 31.9 Å². The van der Waals surface area contributed by atoms with Crippen LogP contribution < -0.4 is 10.6 Å². The highest BCUT2D eigenvalue weighted by Gasteiger charge is 2.13. The van der Waals surface area contributed by atoms with E-state index in [9.17, 15) is 9.59 Å². The third kappa shape index (κ3) is 5.61. The van der Waals surface area contributed by atoms with Crippen molar-refractivity contribution in [1.82, 2.24) is 10.6 Å². The number of nitrogens with one attached hydrogen (secondary N) is 2. The minimum Gasteiger partial charge on any atom is -0.481 e. The molecule has 2 amide bonds. The highest BCUT2D eigenvalue weighted by atomic mass is 35.5. The lowest BCUT2D eigenvalue weighted by Crippen LogP contribution is -2.42. The molecule has 0 fully saturated rings. The van der Waals surface area contributed by atoms with Crippen LogP contribution in [0.3, 0.4) is 0 Å². The summed E-state index contributed by atoms with van der Waals surface area (Å²) in [5.74, 6) is -0.946. The molecule has 0 saturated heterocycles. The van der Waals surface area contributed by atoms with Crippen LogP contribution in [0.25, 0.3) is 0 Å². The molecule has 1 aromatic carbocycles. The highest BCUT2D eigenvalue weighted by molar-refractivity contribution is 6.30. The quantitative estimate of drug-likeness (QED) is 0.777. The van der Waals surface area contributed by atoms with Crippen molar-refractivity contribution in [3.05, 3.63) is 34.9 Å². The largest absolute Gasteiger partial charge is 0.481 e. The van der Waals surface area contributed by atoms with Crippen molar-refractivity contribution in [3.8, 4) is 0 Å². The topological polar surface area (TPSA) is 78.4 Å². The van der Waals surface area contributed by atoms with Gasteiger partial charge in [-0.05, 0) is 31.5 Å². The second kappa shape index (κ2) is 6.99. The van der Waals surface area contributed by atoms with E-state index >= 15 is 0 Å². The third-order valence-electron chi connectivity index (χ3n) is 2.58. The first-order chi connectivity index (χ1) is 8.88. The van der Waals surface area contributed by atoms with Gasteiger partial charge in [0.25, 0.3) is 0 Å². The van der Waals surface area contributed by atoms with Crippen molar-refractivity contribution in [2.24, 2.45) is 0 Å². The zero-order valence-corrected chi connectivity index (χ0v) is 11.6. The number of carbonyl (C=O) groups is 2. The number of amides is 2. The summed E-state index contributed by atoms with van der Waals surface area (Å²) in [4.78, 5) is 22.1. The van der Waals surface area contributed by atoms with Crippen LogP contribution in [0.4, 0.5) is 4.79 Å². The number of urea groups is 1. The van der Waals surface area contributed by atoms with Crippen LogP contribution in [0.2, 0.25) is 5.02 Å². The Morgan fingerprint density at radius 2 is 1.79 bits per heavy atom. The van der Waals surface area contributed by atoms with Gasteiger partial charge in [0.2, 0.25) is 0 Å². The molecular weight excluding hydrogens is 268 g/mol. The Kier molecular flexibility index (Phi) is 5.63. The fourth-order valence-corrected chi connectivity index (χ4v) is 1.74. The number of carboxylic acid groups (broad SMARTS) is 1. The third-order valence-corrected chi connectivity index (χ3v) is 2.83. The molecule has 3 N–H and O–H groups in total. The lowest BCUT2D eigenvalue weighted by molar-refractivity contribution is -0.137. The van der Waals surface area contributed by atoms with E-state index in [-0.39, 0.29) is 12.5 Å². The van der Waals surface area contributed by atoms with Gasteiger partial charge >= 0.3 is 12.0 Å². The van der Waals surface area contributed by atoms with Crippen molar-refractivity contribution < 1.29 is 14.7 Å². The molecule has 1 aromatic rings. The Balaban J connectivity index is 2.47. The lowest BCUT2D eigenvalue weighted by atomic mass is 10.1. The summed E-state index contributed by atoms with van der Waals surface area (Å²) < 4.78 is 0. The predicted molar refractivity (Wildman–Crippen MR) is 73.2 cm³/mol. The van der Waals surface area contributed by atoms with Gasteiger partial charge in [-0.3, -0.25) is 4.79 Å². The van der Waals surface area contributed by atoms with E-state index in [1.54, 1.807) is 19.1 Å². The van der Waals surface area contributed by atoms with Crippen molar-refractivity contribution in [1.29, 1.82) is 0 Å². The average Bonchev–Trinajstić information content (AvgIpc) is 2.27. The first-order valence-electron chi connectivity index (χ1n) is 5.92. The van der Waals surface area contributed by atoms with E-state index in [1.807, 2.05) is 19.1 Å². The maximum absolute atomic E-state index is 11.6. The zero-order valence-electron chi connectivity index (χ0n) is 10.8. The molecular formula is C13H17ClN2O3. The van der Waals surface area contributed by atoms with E-state index < -0.39 is 18.0 Å². The Morgan fingerprint density at radius 3 is 2.32 bits per heavy atom. The minimum absolute atomic E-state index is 0.108. The SMILES string of the molecule is CC(CC(=O)O)NC(=O)NC(C)c1ccc(Cl)cc1. The van der Waals surface area contributed by atoms with Gasteiger partial charge in [0.1, 0.15) is 0 Å². The molecule has 0 aliphatic heterocycles. The monoisotopic (exact) mass is 284 g/mol. The number of hydrogen-bond donors (Lipinski definition) is 3. The summed E-state index contributed by atoms with van der Waals surface area (Å²) in [7, 11) is 0. The predicted octanol–water partition coefficient (Wildman–Crippen LogP) is 2.56. The molecule has 0 saturated carbocycles. The molecule has 104 valence electrons. The van der Waals surface area contributed by atoms with Crippen LogP contribution in [0.15, 0.2) is 24.3 Å². The molecule has 5 nitrogen and oxygen atoms in total. The number of hydrogen-bond acceptors (Lipinski definition) is 2. The molecule has 0 bridgehead atoms. The molecule has 6 heteroatoms. The van der Waals surface area contributed by atoms with Crippen LogP contribution in [0.5, 0.6) is 0 Å². The fraction of sp³-hybridized carbons (Fsp3) is 0.385. The number of benzene rings is 1. The molecule has 0 aliphatic rings. The van der Waals surface area contributed by atoms with E-state index in [4.69, 9.17) is 16.7 Å². The summed E-state index contributed by atoms with van der Waals surface area (Å²) in [6.45, 7) is 3.48. The molecule has 19 heavy (non-hydrogen) atoms. The maximum Gasteiger partial charge on any atom is 0.315 e. The number of halogens is 1. The summed E-state index contributed by atoms with van der Waals surface area (Å²) in [5, 5.41) is 14.5. The first kappa shape index (κ1) is 15.3. The van der Waals surface area contributed by atoms with Crippen LogP contribution in [-0.2, 0) is 4.79 Å². The van der Waals surface area contributed by atoms with Crippen molar-refractivity contribution >= 4 is 23.6 Å². The van der Waals surface area contributed by atoms with Gasteiger partial charge in [0, 0.05) is 11.1 Å². The van der Waals surface area contributed by atoms with E-state index in [2.05, 4.69) is 10.6 Å². The lowest BCUT2D eigenvalue weighted by Gasteiger charge is -2.17. The van der Waals surface area contributed by atoms with Crippen LogP contribution in [-0.4, -0.2) is 23.1 Å². The van der Waals surface area contributed by atoms with Gasteiger partial charge in [-0.2, -0.15) is 0 Å². The molecule has 0 heterocycles. The van der Waals surface area contributed by atoms with Gasteiger partial charge in [-0.1, -0.05) is 23.7 Å². The number of aliphatic carboxylic acids is 1. The normalized spacial score (nSPS) is 13.4. The molecule has 0 aliphatic carbocycles. The summed E-state index contributed by atoms with van der Waals surface area (Å²) in [6.07, 6.45) is -0.108. The Bertz CT molecular complexity index is 448. The first-order valence-corrected chi connectivity index (χ1v) is 6.30. The second-order valence-corrected chi connectivity index (χ2v) is 4.83. The maximum atomic E-state index is 11.6. The molecule has 0 spiro atoms. The molecule has 1 rings (SSSR count). The molecule has 2 atom stereocenters. The minimum atomic E-state index is -0.946. The van der Waals surface area contributed by atoms with Gasteiger partial charge < -0.3 is 15.7 Å². The second-order valence-electron chi connectivity index (χ2n) is 4.39. The van der Waals surface area contributed by atoms with Crippen LogP contribution in [0, 0.1) is 0 Å². The van der Waals surface area contributed by atoms with Crippen LogP contribution >= 0.6 is 11.6 Å². The summed E-state index contributed by atoms with van der Waals surface area (Å²) in [5.41, 5.74) is 0.922. The molecule has 2 unspecified atom stereocenters. The van der Waals surface area contributed by atoms with Crippen molar-refractivity contribution in [3.63, 3.8) is 0 Å². The number of carbonyl (C=O) groups excluding carboxylic acids is 1. The van der Waals surface area contributed by atoms with Crippen molar-refractivity contribution in [2.75, 3.05) is 0 Å². The Hall–Kier alpha value is -1.75. The highest BCUT2D eigenvalue weighted by Crippen LogP contribution is 2.15. The average molecular weight is 285 g/mol. The fourth-order valence-electron chi connectivity index (χ4n) is 1.61. The van der Waals surface area contributed by atoms with Gasteiger partial charge in [0.05, 0.1) is 12.5 Å². The van der Waals surface area contributed by atoms with Crippen molar-refractivity contribution in [2.45, 2.75) is 32.4 Å². The number of rotatable bonds is 5. The molecule has 0 aromatic heterocycles. The number of carboxylic acids is 1. The standard InChI is InChI=1S/C13H17ClN2O3/c1-8(7-12(17)18)15-13(19)16-9(2)10-3-5-11(14)6-4-10/h3-6,8-9H,7H2,1-2H3,(H,17,18)(H2,15,16,19).